The highest BCUT2D eigenvalue weighted by atomic mass is 127. The summed E-state index contributed by atoms with van der Waals surface area (Å²) in [5.41, 5.74) is 1.88. The minimum atomic E-state index is 0. The third-order valence-corrected chi connectivity index (χ3v) is 3.99. The van der Waals surface area contributed by atoms with Crippen LogP contribution in [0, 0.1) is 6.92 Å². The Kier molecular flexibility index (Phi) is 10.1. The summed E-state index contributed by atoms with van der Waals surface area (Å²) in [5, 5.41) is 10.5. The van der Waals surface area contributed by atoms with E-state index in [1.54, 1.807) is 6.20 Å². The third-order valence-electron chi connectivity index (χ3n) is 3.99. The normalized spacial score (nSPS) is 10.9. The molecule has 160 valence electrons. The van der Waals surface area contributed by atoms with Crippen LogP contribution in [0.2, 0.25) is 0 Å². The number of aryl methyl sites for hydroxylation is 1. The van der Waals surface area contributed by atoms with Crippen molar-refractivity contribution < 1.29 is 9.26 Å². The maximum absolute atomic E-state index is 5.72. The van der Waals surface area contributed by atoms with E-state index in [-0.39, 0.29) is 24.0 Å². The van der Waals surface area contributed by atoms with Crippen molar-refractivity contribution in [3.05, 3.63) is 60.0 Å². The highest BCUT2D eigenvalue weighted by Crippen LogP contribution is 2.13. The van der Waals surface area contributed by atoms with E-state index in [4.69, 9.17) is 9.26 Å². The van der Waals surface area contributed by atoms with Crippen molar-refractivity contribution in [2.75, 3.05) is 26.2 Å². The number of hydrogen-bond donors (Lipinski definition) is 2. The monoisotopic (exact) mass is 522 g/mol. The molecule has 2 aromatic heterocycles. The smallest absolute Gasteiger partial charge is 0.276 e. The first-order chi connectivity index (χ1) is 14.2. The number of aromatic nitrogens is 3. The highest BCUT2D eigenvalue weighted by molar-refractivity contribution is 14.0. The number of nitrogens with zero attached hydrogens (tertiary/aromatic N) is 4. The standard InChI is InChI=1S/C21H26N6O2.HI/c1-3-22-21(25-14-15-28-17-9-7-16(2)8-10-17)24-13-11-19-26-20(29-27-19)18-6-4-5-12-23-18;/h4-10,12H,3,11,13-15H2,1-2H3,(H2,22,24,25);1H. The summed E-state index contributed by atoms with van der Waals surface area (Å²) in [7, 11) is 0. The zero-order valence-corrected chi connectivity index (χ0v) is 19.5. The second-order valence-corrected chi connectivity index (χ2v) is 6.33. The fourth-order valence-electron chi connectivity index (χ4n) is 2.53. The number of aliphatic imine (C=N–C) groups is 1. The third kappa shape index (κ3) is 7.62. The minimum Gasteiger partial charge on any atom is -0.492 e. The van der Waals surface area contributed by atoms with E-state index in [0.29, 0.717) is 43.5 Å². The molecule has 0 fully saturated rings. The summed E-state index contributed by atoms with van der Waals surface area (Å²) < 4.78 is 11.0. The van der Waals surface area contributed by atoms with Crippen LogP contribution in [0.15, 0.2) is 58.2 Å². The average Bonchev–Trinajstić information content (AvgIpc) is 3.22. The van der Waals surface area contributed by atoms with E-state index in [9.17, 15) is 0 Å². The van der Waals surface area contributed by atoms with Crippen LogP contribution in [0.5, 0.6) is 5.75 Å². The van der Waals surface area contributed by atoms with Crippen LogP contribution in [0.1, 0.15) is 18.3 Å². The molecule has 2 heterocycles. The lowest BCUT2D eigenvalue weighted by atomic mass is 10.2. The predicted molar refractivity (Wildman–Crippen MR) is 127 cm³/mol. The number of nitrogens with one attached hydrogen (secondary N) is 2. The summed E-state index contributed by atoms with van der Waals surface area (Å²) in [6, 6.07) is 13.6. The molecule has 3 rings (SSSR count). The van der Waals surface area contributed by atoms with Gasteiger partial charge < -0.3 is 19.9 Å². The van der Waals surface area contributed by atoms with E-state index in [1.807, 2.05) is 49.4 Å². The van der Waals surface area contributed by atoms with Crippen LogP contribution < -0.4 is 15.4 Å². The molecule has 0 aliphatic rings. The fraction of sp³-hybridized carbons (Fsp3) is 0.333. The summed E-state index contributed by atoms with van der Waals surface area (Å²) in [4.78, 5) is 13.1. The van der Waals surface area contributed by atoms with Gasteiger partial charge >= 0.3 is 0 Å². The number of hydrogen-bond acceptors (Lipinski definition) is 6. The number of rotatable bonds is 9. The molecule has 9 heteroatoms. The molecule has 0 aliphatic heterocycles. The van der Waals surface area contributed by atoms with Gasteiger partial charge in [0.05, 0.1) is 6.54 Å². The molecule has 8 nitrogen and oxygen atoms in total. The first kappa shape index (κ1) is 23.6. The lowest BCUT2D eigenvalue weighted by Gasteiger charge is -2.12. The number of pyridine rings is 1. The number of guanidine groups is 1. The Morgan fingerprint density at radius 1 is 1.13 bits per heavy atom. The fourth-order valence-corrected chi connectivity index (χ4v) is 2.53. The van der Waals surface area contributed by atoms with Crippen molar-refractivity contribution in [1.82, 2.24) is 25.8 Å². The maximum Gasteiger partial charge on any atom is 0.276 e. The molecule has 0 aliphatic carbocycles. The zero-order chi connectivity index (χ0) is 20.3. The molecule has 30 heavy (non-hydrogen) atoms. The van der Waals surface area contributed by atoms with Crippen molar-refractivity contribution in [2.45, 2.75) is 20.3 Å². The predicted octanol–water partition coefficient (Wildman–Crippen LogP) is 3.23. The van der Waals surface area contributed by atoms with Gasteiger partial charge in [0, 0.05) is 25.7 Å². The van der Waals surface area contributed by atoms with Gasteiger partial charge in [-0.15, -0.1) is 24.0 Å². The lowest BCUT2D eigenvalue weighted by molar-refractivity contribution is 0.322. The molecule has 3 aromatic rings. The van der Waals surface area contributed by atoms with Crippen molar-refractivity contribution in [2.24, 2.45) is 4.99 Å². The van der Waals surface area contributed by atoms with Gasteiger partial charge in [0.25, 0.3) is 5.89 Å². The van der Waals surface area contributed by atoms with Crippen LogP contribution in [-0.2, 0) is 6.42 Å². The quantitative estimate of drug-likeness (QED) is 0.193. The maximum atomic E-state index is 5.72. The Hall–Kier alpha value is -2.69. The second-order valence-electron chi connectivity index (χ2n) is 6.33. The molecule has 0 atom stereocenters. The second kappa shape index (κ2) is 12.8. The summed E-state index contributed by atoms with van der Waals surface area (Å²) in [6.07, 6.45) is 2.27. The van der Waals surface area contributed by atoms with Crippen LogP contribution in [0.3, 0.4) is 0 Å². The molecule has 0 radical (unpaired) electrons. The van der Waals surface area contributed by atoms with Crippen LogP contribution in [0.25, 0.3) is 11.6 Å². The zero-order valence-electron chi connectivity index (χ0n) is 17.2. The lowest BCUT2D eigenvalue weighted by Crippen LogP contribution is -2.39. The van der Waals surface area contributed by atoms with E-state index >= 15 is 0 Å². The molecule has 0 amide bonds. The van der Waals surface area contributed by atoms with Gasteiger partial charge in [-0.2, -0.15) is 4.98 Å². The molecule has 0 unspecified atom stereocenters. The molecular weight excluding hydrogens is 495 g/mol. The molecule has 0 spiro atoms. The Bertz CT molecular complexity index is 899. The topological polar surface area (TPSA) is 97.5 Å². The summed E-state index contributed by atoms with van der Waals surface area (Å²) in [6.45, 7) is 6.58. The van der Waals surface area contributed by atoms with E-state index in [0.717, 1.165) is 18.3 Å². The Labute approximate surface area is 193 Å². The molecular formula is C21H27IN6O2. The van der Waals surface area contributed by atoms with Crippen molar-refractivity contribution in [1.29, 1.82) is 0 Å². The van der Waals surface area contributed by atoms with Crippen molar-refractivity contribution in [3.8, 4) is 17.3 Å². The van der Waals surface area contributed by atoms with Crippen molar-refractivity contribution >= 4 is 29.9 Å². The van der Waals surface area contributed by atoms with Gasteiger partial charge in [-0.25, -0.2) is 0 Å². The van der Waals surface area contributed by atoms with Gasteiger partial charge in [-0.1, -0.05) is 28.9 Å². The van der Waals surface area contributed by atoms with Gasteiger partial charge in [-0.3, -0.25) is 9.98 Å². The SMILES string of the molecule is CCNC(=NCCc1noc(-c2ccccn2)n1)NCCOc1ccc(C)cc1.I. The molecule has 0 saturated heterocycles. The van der Waals surface area contributed by atoms with E-state index < -0.39 is 0 Å². The average molecular weight is 522 g/mol. The number of halogens is 1. The Balaban J connectivity index is 0.00000320. The summed E-state index contributed by atoms with van der Waals surface area (Å²) in [5.74, 6) is 2.62. The largest absolute Gasteiger partial charge is 0.492 e. The van der Waals surface area contributed by atoms with Gasteiger partial charge in [0.1, 0.15) is 18.1 Å². The highest BCUT2D eigenvalue weighted by Gasteiger charge is 2.09. The van der Waals surface area contributed by atoms with Crippen LogP contribution in [-0.4, -0.2) is 47.3 Å². The molecule has 0 saturated carbocycles. The van der Waals surface area contributed by atoms with E-state index in [2.05, 4.69) is 37.7 Å². The Morgan fingerprint density at radius 2 is 1.97 bits per heavy atom. The van der Waals surface area contributed by atoms with Gasteiger partial charge in [0.2, 0.25) is 0 Å². The Morgan fingerprint density at radius 3 is 2.70 bits per heavy atom. The summed E-state index contributed by atoms with van der Waals surface area (Å²) >= 11 is 0. The molecule has 2 N–H and O–H groups in total. The van der Waals surface area contributed by atoms with Gasteiger partial charge in [-0.05, 0) is 38.1 Å². The molecule has 0 bridgehead atoms. The first-order valence-electron chi connectivity index (χ1n) is 9.70. The van der Waals surface area contributed by atoms with Crippen molar-refractivity contribution in [3.63, 3.8) is 0 Å². The minimum absolute atomic E-state index is 0. The molecule has 1 aromatic carbocycles. The van der Waals surface area contributed by atoms with E-state index in [1.165, 1.54) is 5.56 Å². The van der Waals surface area contributed by atoms with Gasteiger partial charge in [0.15, 0.2) is 11.8 Å². The number of benzene rings is 1. The number of ether oxygens (including phenoxy) is 1. The van der Waals surface area contributed by atoms with Crippen LogP contribution in [0.4, 0.5) is 0 Å². The van der Waals surface area contributed by atoms with Crippen LogP contribution >= 0.6 is 24.0 Å². The first-order valence-corrected chi connectivity index (χ1v) is 9.70.